The SMILES string of the molecule is COc1ccn2cc(-c3ccccc3[N+](=O)[O-])nc2c1. The number of imidazole rings is 1. The Hall–Kier alpha value is -2.89. The number of benzene rings is 1. The molecule has 0 bridgehead atoms. The first-order valence-electron chi connectivity index (χ1n) is 5.95. The van der Waals surface area contributed by atoms with E-state index < -0.39 is 4.92 Å². The number of nitrogens with zero attached hydrogens (tertiary/aromatic N) is 3. The molecule has 1 aromatic carbocycles. The summed E-state index contributed by atoms with van der Waals surface area (Å²) in [5, 5.41) is 11.1. The van der Waals surface area contributed by atoms with Gasteiger partial charge < -0.3 is 9.14 Å². The fourth-order valence-electron chi connectivity index (χ4n) is 2.07. The average Bonchev–Trinajstić information content (AvgIpc) is 2.89. The van der Waals surface area contributed by atoms with E-state index >= 15 is 0 Å². The molecule has 0 saturated heterocycles. The summed E-state index contributed by atoms with van der Waals surface area (Å²) in [5.41, 5.74) is 1.78. The van der Waals surface area contributed by atoms with Crippen molar-refractivity contribution in [3.8, 4) is 17.0 Å². The highest BCUT2D eigenvalue weighted by atomic mass is 16.6. The minimum Gasteiger partial charge on any atom is -0.497 e. The van der Waals surface area contributed by atoms with Gasteiger partial charge in [0, 0.05) is 24.5 Å². The molecule has 6 heteroatoms. The minimum absolute atomic E-state index is 0.0443. The van der Waals surface area contributed by atoms with Crippen LogP contribution in [0.2, 0.25) is 0 Å². The van der Waals surface area contributed by atoms with Crippen LogP contribution < -0.4 is 4.74 Å². The molecule has 2 heterocycles. The van der Waals surface area contributed by atoms with Crippen LogP contribution in [-0.4, -0.2) is 21.4 Å². The zero-order valence-corrected chi connectivity index (χ0v) is 10.7. The largest absolute Gasteiger partial charge is 0.497 e. The van der Waals surface area contributed by atoms with Crippen molar-refractivity contribution in [1.82, 2.24) is 9.38 Å². The molecule has 0 fully saturated rings. The third-order valence-corrected chi connectivity index (χ3v) is 3.04. The smallest absolute Gasteiger partial charge is 0.278 e. The van der Waals surface area contributed by atoms with Gasteiger partial charge in [0.15, 0.2) is 0 Å². The van der Waals surface area contributed by atoms with Gasteiger partial charge in [0.2, 0.25) is 0 Å². The number of aromatic nitrogens is 2. The Morgan fingerprint density at radius 3 is 2.85 bits per heavy atom. The number of methoxy groups -OCH3 is 1. The molecule has 0 spiro atoms. The summed E-state index contributed by atoms with van der Waals surface area (Å²) < 4.78 is 6.94. The van der Waals surface area contributed by atoms with Crippen LogP contribution in [-0.2, 0) is 0 Å². The number of hydrogen-bond donors (Lipinski definition) is 0. The number of rotatable bonds is 3. The van der Waals surface area contributed by atoms with Crippen molar-refractivity contribution in [2.45, 2.75) is 0 Å². The topological polar surface area (TPSA) is 69.7 Å². The van der Waals surface area contributed by atoms with E-state index in [2.05, 4.69) is 4.98 Å². The van der Waals surface area contributed by atoms with E-state index in [4.69, 9.17) is 4.74 Å². The first kappa shape index (κ1) is 12.2. The number of ether oxygens (including phenoxy) is 1. The molecule has 0 atom stereocenters. The number of nitro groups is 1. The molecule has 100 valence electrons. The summed E-state index contributed by atoms with van der Waals surface area (Å²) in [7, 11) is 1.58. The highest BCUT2D eigenvalue weighted by molar-refractivity contribution is 5.72. The van der Waals surface area contributed by atoms with E-state index in [-0.39, 0.29) is 5.69 Å². The molecule has 6 nitrogen and oxygen atoms in total. The van der Waals surface area contributed by atoms with Gasteiger partial charge in [-0.3, -0.25) is 10.1 Å². The maximum atomic E-state index is 11.1. The van der Waals surface area contributed by atoms with E-state index in [1.807, 2.05) is 0 Å². The normalized spacial score (nSPS) is 10.7. The predicted molar refractivity (Wildman–Crippen MR) is 73.8 cm³/mol. The maximum Gasteiger partial charge on any atom is 0.278 e. The molecular weight excluding hydrogens is 258 g/mol. The monoisotopic (exact) mass is 269 g/mol. The van der Waals surface area contributed by atoms with Gasteiger partial charge in [-0.15, -0.1) is 0 Å². The lowest BCUT2D eigenvalue weighted by molar-refractivity contribution is -0.384. The lowest BCUT2D eigenvalue weighted by atomic mass is 10.1. The Morgan fingerprint density at radius 2 is 2.10 bits per heavy atom. The van der Waals surface area contributed by atoms with Gasteiger partial charge >= 0.3 is 0 Å². The van der Waals surface area contributed by atoms with Crippen molar-refractivity contribution in [3.05, 3.63) is 58.9 Å². The summed E-state index contributed by atoms with van der Waals surface area (Å²) in [6, 6.07) is 10.1. The number of pyridine rings is 1. The van der Waals surface area contributed by atoms with E-state index in [0.29, 0.717) is 22.7 Å². The van der Waals surface area contributed by atoms with Crippen LogP contribution in [0.3, 0.4) is 0 Å². The fraction of sp³-hybridized carbons (Fsp3) is 0.0714. The zero-order chi connectivity index (χ0) is 14.1. The average molecular weight is 269 g/mol. The van der Waals surface area contributed by atoms with Crippen LogP contribution in [0.15, 0.2) is 48.8 Å². The van der Waals surface area contributed by atoms with Crippen molar-refractivity contribution in [2.75, 3.05) is 7.11 Å². The maximum absolute atomic E-state index is 11.1. The number of hydrogen-bond acceptors (Lipinski definition) is 4. The Morgan fingerprint density at radius 1 is 1.30 bits per heavy atom. The van der Waals surface area contributed by atoms with Gasteiger partial charge in [-0.25, -0.2) is 4.98 Å². The Labute approximate surface area is 114 Å². The van der Waals surface area contributed by atoms with Gasteiger partial charge in [0.1, 0.15) is 11.4 Å². The van der Waals surface area contributed by atoms with E-state index in [0.717, 1.165) is 0 Å². The Balaban J connectivity index is 2.18. The molecule has 0 aliphatic rings. The molecule has 0 aliphatic heterocycles. The zero-order valence-electron chi connectivity index (χ0n) is 10.7. The molecule has 3 aromatic rings. The minimum atomic E-state index is -0.403. The van der Waals surface area contributed by atoms with Crippen LogP contribution in [0.1, 0.15) is 0 Å². The van der Waals surface area contributed by atoms with Crippen molar-refractivity contribution in [3.63, 3.8) is 0 Å². The summed E-state index contributed by atoms with van der Waals surface area (Å²) in [6.07, 6.45) is 3.57. The van der Waals surface area contributed by atoms with Gasteiger partial charge in [-0.2, -0.15) is 0 Å². The summed E-state index contributed by atoms with van der Waals surface area (Å²) in [4.78, 5) is 15.1. The third-order valence-electron chi connectivity index (χ3n) is 3.04. The molecule has 0 unspecified atom stereocenters. The first-order chi connectivity index (χ1) is 9.69. The lowest BCUT2D eigenvalue weighted by Gasteiger charge is -1.98. The molecule has 0 aliphatic carbocycles. The molecule has 0 N–H and O–H groups in total. The summed E-state index contributed by atoms with van der Waals surface area (Å²) in [6.45, 7) is 0. The molecule has 20 heavy (non-hydrogen) atoms. The summed E-state index contributed by atoms with van der Waals surface area (Å²) >= 11 is 0. The van der Waals surface area contributed by atoms with Crippen LogP contribution in [0.5, 0.6) is 5.75 Å². The highest BCUT2D eigenvalue weighted by Crippen LogP contribution is 2.29. The van der Waals surface area contributed by atoms with Crippen LogP contribution in [0, 0.1) is 10.1 Å². The van der Waals surface area contributed by atoms with E-state index in [1.54, 1.807) is 54.2 Å². The number of nitro benzene ring substituents is 1. The van der Waals surface area contributed by atoms with Crippen LogP contribution in [0.25, 0.3) is 16.9 Å². The third kappa shape index (κ3) is 1.97. The molecular formula is C14H11N3O3. The molecule has 0 radical (unpaired) electrons. The molecule has 0 amide bonds. The van der Waals surface area contributed by atoms with Gasteiger partial charge in [0.25, 0.3) is 5.69 Å². The van der Waals surface area contributed by atoms with Gasteiger partial charge in [-0.1, -0.05) is 12.1 Å². The first-order valence-corrected chi connectivity index (χ1v) is 5.95. The van der Waals surface area contributed by atoms with Gasteiger partial charge in [-0.05, 0) is 12.1 Å². The Bertz CT molecular complexity index is 795. The van der Waals surface area contributed by atoms with Crippen molar-refractivity contribution in [2.24, 2.45) is 0 Å². The van der Waals surface area contributed by atoms with Gasteiger partial charge in [0.05, 0.1) is 23.3 Å². The fourth-order valence-corrected chi connectivity index (χ4v) is 2.07. The lowest BCUT2D eigenvalue weighted by Crippen LogP contribution is -1.91. The van der Waals surface area contributed by atoms with Crippen molar-refractivity contribution >= 4 is 11.3 Å². The van der Waals surface area contributed by atoms with Crippen LogP contribution >= 0.6 is 0 Å². The number of fused-ring (bicyclic) bond motifs is 1. The van der Waals surface area contributed by atoms with Crippen molar-refractivity contribution in [1.29, 1.82) is 0 Å². The predicted octanol–water partition coefficient (Wildman–Crippen LogP) is 2.92. The van der Waals surface area contributed by atoms with Crippen molar-refractivity contribution < 1.29 is 9.66 Å². The second-order valence-electron chi connectivity index (χ2n) is 4.23. The second kappa shape index (κ2) is 4.65. The summed E-state index contributed by atoms with van der Waals surface area (Å²) in [5.74, 6) is 0.692. The van der Waals surface area contributed by atoms with Crippen LogP contribution in [0.4, 0.5) is 5.69 Å². The molecule has 2 aromatic heterocycles. The van der Waals surface area contributed by atoms with E-state index in [9.17, 15) is 10.1 Å². The molecule has 0 saturated carbocycles. The Kier molecular flexibility index (Phi) is 2.83. The quantitative estimate of drug-likeness (QED) is 0.541. The standard InChI is InChI=1S/C14H11N3O3/c1-20-10-6-7-16-9-12(15-14(16)8-10)11-4-2-3-5-13(11)17(18)19/h2-9H,1H3. The highest BCUT2D eigenvalue weighted by Gasteiger charge is 2.16. The molecule has 3 rings (SSSR count). The number of para-hydroxylation sites is 1. The van der Waals surface area contributed by atoms with E-state index in [1.165, 1.54) is 6.07 Å². The second-order valence-corrected chi connectivity index (χ2v) is 4.23.